The number of para-hydroxylation sites is 1. The van der Waals surface area contributed by atoms with Crippen LogP contribution in [0.4, 0.5) is 4.39 Å². The van der Waals surface area contributed by atoms with Crippen LogP contribution in [0.2, 0.25) is 0 Å². The van der Waals surface area contributed by atoms with Gasteiger partial charge in [-0.15, -0.1) is 0 Å². The summed E-state index contributed by atoms with van der Waals surface area (Å²) in [6.45, 7) is 3.79. The highest BCUT2D eigenvalue weighted by Gasteiger charge is 2.32. The van der Waals surface area contributed by atoms with Gasteiger partial charge in [0.15, 0.2) is 0 Å². The highest BCUT2D eigenvalue weighted by molar-refractivity contribution is 5.79. The first-order valence-corrected chi connectivity index (χ1v) is 13.1. The SMILES string of the molecule is CCc1nn(-c2ccccc2)c(Oc2ccc(F)cc2)c1CN(C[C@@H]1CCCO1)C(=O)C1CCCC1. The minimum atomic E-state index is -0.321. The van der Waals surface area contributed by atoms with Crippen LogP contribution >= 0.6 is 0 Å². The average molecular weight is 492 g/mol. The van der Waals surface area contributed by atoms with Crippen molar-refractivity contribution in [3.63, 3.8) is 0 Å². The first-order valence-electron chi connectivity index (χ1n) is 13.1. The summed E-state index contributed by atoms with van der Waals surface area (Å²) in [6, 6.07) is 15.8. The molecule has 0 spiro atoms. The number of halogens is 1. The number of amides is 1. The van der Waals surface area contributed by atoms with E-state index in [1.165, 1.54) is 12.1 Å². The van der Waals surface area contributed by atoms with E-state index in [4.69, 9.17) is 14.6 Å². The van der Waals surface area contributed by atoms with Crippen molar-refractivity contribution in [2.45, 2.75) is 64.5 Å². The van der Waals surface area contributed by atoms with Crippen molar-refractivity contribution in [2.75, 3.05) is 13.2 Å². The summed E-state index contributed by atoms with van der Waals surface area (Å²) in [6.07, 6.45) is 6.86. The van der Waals surface area contributed by atoms with Gasteiger partial charge in [-0.05, 0) is 68.5 Å². The van der Waals surface area contributed by atoms with Gasteiger partial charge < -0.3 is 14.4 Å². The van der Waals surface area contributed by atoms with Gasteiger partial charge >= 0.3 is 0 Å². The van der Waals surface area contributed by atoms with Crippen LogP contribution in [0.15, 0.2) is 54.6 Å². The van der Waals surface area contributed by atoms with Crippen LogP contribution in [0.25, 0.3) is 5.69 Å². The number of ether oxygens (including phenoxy) is 2. The molecule has 36 heavy (non-hydrogen) atoms. The first-order chi connectivity index (χ1) is 17.6. The lowest BCUT2D eigenvalue weighted by Crippen LogP contribution is -2.40. The maximum atomic E-state index is 13.7. The molecule has 0 bridgehead atoms. The molecule has 2 fully saturated rings. The van der Waals surface area contributed by atoms with Crippen LogP contribution in [0, 0.1) is 11.7 Å². The molecular formula is C29H34FN3O3. The average Bonchev–Trinajstić information content (AvgIpc) is 3.68. The molecule has 1 saturated heterocycles. The zero-order valence-corrected chi connectivity index (χ0v) is 20.9. The molecule has 1 amide bonds. The van der Waals surface area contributed by atoms with Crippen molar-refractivity contribution in [1.29, 1.82) is 0 Å². The molecule has 2 aliphatic rings. The summed E-state index contributed by atoms with van der Waals surface area (Å²) in [7, 11) is 0. The molecule has 1 aromatic heterocycles. The lowest BCUT2D eigenvalue weighted by Gasteiger charge is -2.28. The third-order valence-corrected chi connectivity index (χ3v) is 7.20. The van der Waals surface area contributed by atoms with Gasteiger partial charge in [0.25, 0.3) is 0 Å². The highest BCUT2D eigenvalue weighted by atomic mass is 19.1. The van der Waals surface area contributed by atoms with Crippen LogP contribution in [-0.4, -0.2) is 39.8 Å². The smallest absolute Gasteiger partial charge is 0.227 e. The van der Waals surface area contributed by atoms with Crippen molar-refractivity contribution < 1.29 is 18.7 Å². The van der Waals surface area contributed by atoms with E-state index in [0.29, 0.717) is 31.1 Å². The zero-order valence-electron chi connectivity index (χ0n) is 20.9. The Morgan fingerprint density at radius 3 is 2.50 bits per heavy atom. The predicted molar refractivity (Wildman–Crippen MR) is 136 cm³/mol. The van der Waals surface area contributed by atoms with Crippen LogP contribution in [0.5, 0.6) is 11.6 Å². The topological polar surface area (TPSA) is 56.6 Å². The molecule has 0 unspecified atom stereocenters. The Balaban J connectivity index is 1.53. The maximum Gasteiger partial charge on any atom is 0.227 e. The molecule has 0 radical (unpaired) electrons. The third kappa shape index (κ3) is 5.46. The summed E-state index contributed by atoms with van der Waals surface area (Å²) in [4.78, 5) is 15.6. The van der Waals surface area contributed by atoms with Gasteiger partial charge in [0.1, 0.15) is 11.6 Å². The van der Waals surface area contributed by atoms with Gasteiger partial charge in [0, 0.05) is 19.1 Å². The minimum Gasteiger partial charge on any atom is -0.439 e. The van der Waals surface area contributed by atoms with Gasteiger partial charge in [-0.2, -0.15) is 5.10 Å². The number of hydrogen-bond acceptors (Lipinski definition) is 4. The van der Waals surface area contributed by atoms with E-state index in [2.05, 4.69) is 6.92 Å². The number of carbonyl (C=O) groups excluding carboxylic acids is 1. The lowest BCUT2D eigenvalue weighted by atomic mass is 10.0. The monoisotopic (exact) mass is 491 g/mol. The Bertz CT molecular complexity index is 1150. The molecule has 1 aliphatic carbocycles. The molecule has 2 heterocycles. The summed E-state index contributed by atoms with van der Waals surface area (Å²) < 4.78 is 27.7. The van der Waals surface area contributed by atoms with E-state index in [1.54, 1.807) is 16.8 Å². The molecule has 6 nitrogen and oxygen atoms in total. The number of benzene rings is 2. The van der Waals surface area contributed by atoms with Gasteiger partial charge in [0.2, 0.25) is 11.8 Å². The molecular weight excluding hydrogens is 457 g/mol. The number of aryl methyl sites for hydroxylation is 1. The molecule has 1 saturated carbocycles. The van der Waals surface area contributed by atoms with Crippen LogP contribution in [0.1, 0.15) is 56.7 Å². The first kappa shape index (κ1) is 24.5. The predicted octanol–water partition coefficient (Wildman–Crippen LogP) is 6.06. The lowest BCUT2D eigenvalue weighted by molar-refractivity contribution is -0.137. The van der Waals surface area contributed by atoms with Crippen LogP contribution in [-0.2, 0) is 22.5 Å². The molecule has 2 aromatic carbocycles. The Morgan fingerprint density at radius 2 is 1.83 bits per heavy atom. The zero-order chi connectivity index (χ0) is 24.9. The molecule has 5 rings (SSSR count). The fourth-order valence-corrected chi connectivity index (χ4v) is 5.27. The molecule has 1 aliphatic heterocycles. The van der Waals surface area contributed by atoms with E-state index < -0.39 is 0 Å². The number of nitrogens with zero attached hydrogens (tertiary/aromatic N) is 3. The van der Waals surface area contributed by atoms with Gasteiger partial charge in [-0.25, -0.2) is 9.07 Å². The summed E-state index contributed by atoms with van der Waals surface area (Å²) in [5.74, 6) is 1.03. The Labute approximate surface area is 212 Å². The summed E-state index contributed by atoms with van der Waals surface area (Å²) in [5.41, 5.74) is 2.63. The second-order valence-corrected chi connectivity index (χ2v) is 9.72. The molecule has 3 aromatic rings. The second kappa shape index (κ2) is 11.2. The Hall–Kier alpha value is -3.19. The number of aromatic nitrogens is 2. The van der Waals surface area contributed by atoms with Crippen molar-refractivity contribution >= 4 is 5.91 Å². The fourth-order valence-electron chi connectivity index (χ4n) is 5.27. The quantitative estimate of drug-likeness (QED) is 0.365. The van der Waals surface area contributed by atoms with E-state index in [9.17, 15) is 9.18 Å². The van der Waals surface area contributed by atoms with E-state index in [0.717, 1.165) is 62.1 Å². The van der Waals surface area contributed by atoms with E-state index in [1.807, 2.05) is 35.2 Å². The fraction of sp³-hybridized carbons (Fsp3) is 0.448. The van der Waals surface area contributed by atoms with Crippen LogP contribution in [0.3, 0.4) is 0 Å². The van der Waals surface area contributed by atoms with Gasteiger partial charge in [-0.1, -0.05) is 38.0 Å². The van der Waals surface area contributed by atoms with E-state index >= 15 is 0 Å². The highest BCUT2D eigenvalue weighted by Crippen LogP contribution is 2.34. The molecule has 7 heteroatoms. The number of rotatable bonds is 9. The molecule has 1 atom stereocenters. The largest absolute Gasteiger partial charge is 0.439 e. The maximum absolute atomic E-state index is 13.7. The molecule has 0 N–H and O–H groups in total. The van der Waals surface area contributed by atoms with E-state index in [-0.39, 0.29) is 23.7 Å². The standard InChI is InChI=1S/C29H34FN3O3/c1-2-27-26(20-32(19-25-13-8-18-35-25)28(34)21-9-6-7-10-21)29(36-24-16-14-22(30)15-17-24)33(31-27)23-11-4-3-5-12-23/h3-5,11-12,14-17,21,25H,2,6-10,13,18-20H2,1H3/t25-/m0/s1. The van der Waals surface area contributed by atoms with Crippen molar-refractivity contribution in [3.8, 4) is 17.3 Å². The molecule has 190 valence electrons. The Kier molecular flexibility index (Phi) is 7.66. The van der Waals surface area contributed by atoms with Gasteiger partial charge in [0.05, 0.1) is 29.6 Å². The van der Waals surface area contributed by atoms with Crippen LogP contribution < -0.4 is 4.74 Å². The second-order valence-electron chi connectivity index (χ2n) is 9.72. The number of carbonyl (C=O) groups is 1. The Morgan fingerprint density at radius 1 is 1.08 bits per heavy atom. The summed E-state index contributed by atoms with van der Waals surface area (Å²) in [5, 5.41) is 4.90. The third-order valence-electron chi connectivity index (χ3n) is 7.20. The normalized spacial score (nSPS) is 18.0. The van der Waals surface area contributed by atoms with Gasteiger partial charge in [-0.3, -0.25) is 4.79 Å². The van der Waals surface area contributed by atoms with Crippen molar-refractivity contribution in [3.05, 3.63) is 71.7 Å². The minimum absolute atomic E-state index is 0.0612. The summed E-state index contributed by atoms with van der Waals surface area (Å²) >= 11 is 0. The number of hydrogen-bond donors (Lipinski definition) is 0. The van der Waals surface area contributed by atoms with Crippen molar-refractivity contribution in [1.82, 2.24) is 14.7 Å². The van der Waals surface area contributed by atoms with Crippen molar-refractivity contribution in [2.24, 2.45) is 5.92 Å².